The minimum Gasteiger partial charge on any atom is -0.337 e. The van der Waals surface area contributed by atoms with Crippen molar-refractivity contribution in [2.24, 2.45) is 0 Å². The second-order valence-corrected chi connectivity index (χ2v) is 7.47. The molecule has 0 spiro atoms. The first-order valence-corrected chi connectivity index (χ1v) is 9.69. The van der Waals surface area contributed by atoms with Gasteiger partial charge >= 0.3 is 0 Å². The zero-order valence-electron chi connectivity index (χ0n) is 15.7. The minimum absolute atomic E-state index is 0.398. The van der Waals surface area contributed by atoms with Gasteiger partial charge in [-0.05, 0) is 35.0 Å². The Bertz CT molecular complexity index is 1540. The third-order valence-electron chi connectivity index (χ3n) is 5.36. The van der Waals surface area contributed by atoms with Crippen molar-refractivity contribution in [1.82, 2.24) is 9.97 Å². The zero-order valence-corrected chi connectivity index (χ0v) is 16.5. The number of hydrogen-bond acceptors (Lipinski definition) is 3. The highest BCUT2D eigenvalue weighted by Gasteiger charge is 2.18. The molecule has 0 amide bonds. The standard InChI is InChI=1S/C24H12BClN4/c25-10-13-4-6-17-19(8-13)20-9-16(26)5-7-18(20)23-22(17)29-24(30-23)21-14(11-27)2-1-3-15(21)12-28/h1-9H,10H2,(H,29,30). The quantitative estimate of drug-likeness (QED) is 0.308. The highest BCUT2D eigenvalue weighted by atomic mass is 35.5. The molecule has 4 aromatic carbocycles. The lowest BCUT2D eigenvalue weighted by molar-refractivity contribution is 1.31. The lowest BCUT2D eigenvalue weighted by atomic mass is 9.92. The average molecular weight is 403 g/mol. The molecule has 0 saturated carbocycles. The zero-order chi connectivity index (χ0) is 20.8. The van der Waals surface area contributed by atoms with Crippen LogP contribution in [0.2, 0.25) is 5.02 Å². The predicted molar refractivity (Wildman–Crippen MR) is 120 cm³/mol. The number of imidazole rings is 1. The van der Waals surface area contributed by atoms with Crippen LogP contribution in [0.15, 0.2) is 54.6 Å². The summed E-state index contributed by atoms with van der Waals surface area (Å²) in [5, 5.41) is 23.7. The monoisotopic (exact) mass is 402 g/mol. The minimum atomic E-state index is 0.398. The van der Waals surface area contributed by atoms with Gasteiger partial charge in [-0.1, -0.05) is 53.8 Å². The largest absolute Gasteiger partial charge is 0.337 e. The molecular weight excluding hydrogens is 391 g/mol. The number of rotatable bonds is 2. The van der Waals surface area contributed by atoms with Crippen molar-refractivity contribution in [1.29, 1.82) is 10.5 Å². The summed E-state index contributed by atoms with van der Waals surface area (Å²) in [5.74, 6) is 0.491. The molecule has 2 radical (unpaired) electrons. The molecule has 138 valence electrons. The van der Waals surface area contributed by atoms with E-state index in [1.807, 2.05) is 30.3 Å². The van der Waals surface area contributed by atoms with Crippen molar-refractivity contribution in [2.45, 2.75) is 6.32 Å². The van der Waals surface area contributed by atoms with Crippen LogP contribution in [0.5, 0.6) is 0 Å². The van der Waals surface area contributed by atoms with Crippen molar-refractivity contribution >= 4 is 52.0 Å². The molecule has 0 aliphatic carbocycles. The second kappa shape index (κ2) is 6.92. The molecule has 4 nitrogen and oxygen atoms in total. The average Bonchev–Trinajstić information content (AvgIpc) is 3.23. The van der Waals surface area contributed by atoms with Gasteiger partial charge in [-0.25, -0.2) is 4.98 Å². The summed E-state index contributed by atoms with van der Waals surface area (Å²) in [4.78, 5) is 8.20. The van der Waals surface area contributed by atoms with Gasteiger partial charge in [0.2, 0.25) is 0 Å². The van der Waals surface area contributed by atoms with E-state index in [2.05, 4.69) is 23.2 Å². The Morgan fingerprint density at radius 2 is 1.60 bits per heavy atom. The molecule has 1 heterocycles. The maximum atomic E-state index is 9.58. The van der Waals surface area contributed by atoms with Gasteiger partial charge in [0.25, 0.3) is 0 Å². The van der Waals surface area contributed by atoms with Gasteiger partial charge in [0, 0.05) is 15.8 Å². The van der Waals surface area contributed by atoms with E-state index in [1.54, 1.807) is 18.2 Å². The number of aromatic amines is 1. The Labute approximate surface area is 178 Å². The van der Waals surface area contributed by atoms with Gasteiger partial charge in [-0.15, -0.1) is 0 Å². The summed E-state index contributed by atoms with van der Waals surface area (Å²) >= 11 is 6.30. The topological polar surface area (TPSA) is 76.3 Å². The molecule has 0 atom stereocenters. The number of nitriles is 2. The summed E-state index contributed by atoms with van der Waals surface area (Å²) in [5.41, 5.74) is 3.93. The Morgan fingerprint density at radius 1 is 0.900 bits per heavy atom. The summed E-state index contributed by atoms with van der Waals surface area (Å²) in [7, 11) is 5.86. The van der Waals surface area contributed by atoms with Crippen LogP contribution in [0, 0.1) is 22.7 Å². The Kier molecular flexibility index (Phi) is 4.21. The normalized spacial score (nSPS) is 11.0. The molecule has 5 rings (SSSR count). The second-order valence-electron chi connectivity index (χ2n) is 7.03. The lowest BCUT2D eigenvalue weighted by Gasteiger charge is -2.08. The number of halogens is 1. The number of benzene rings is 4. The fourth-order valence-electron chi connectivity index (χ4n) is 3.98. The van der Waals surface area contributed by atoms with Crippen molar-refractivity contribution in [3.63, 3.8) is 0 Å². The highest BCUT2D eigenvalue weighted by molar-refractivity contribution is 6.33. The van der Waals surface area contributed by atoms with Crippen LogP contribution < -0.4 is 0 Å². The summed E-state index contributed by atoms with van der Waals surface area (Å²) < 4.78 is 0. The molecule has 0 aliphatic heterocycles. The van der Waals surface area contributed by atoms with E-state index in [0.29, 0.717) is 33.9 Å². The number of fused-ring (bicyclic) bond motifs is 6. The number of aromatic nitrogens is 2. The van der Waals surface area contributed by atoms with Crippen LogP contribution >= 0.6 is 11.6 Å². The predicted octanol–water partition coefficient (Wildman–Crippen LogP) is 5.60. The molecular formula is C24H12BClN4. The molecule has 0 aliphatic rings. The first-order valence-electron chi connectivity index (χ1n) is 9.32. The molecule has 6 heteroatoms. The first kappa shape index (κ1) is 18.2. The van der Waals surface area contributed by atoms with Crippen LogP contribution in [0.4, 0.5) is 0 Å². The highest BCUT2D eigenvalue weighted by Crippen LogP contribution is 2.37. The summed E-state index contributed by atoms with van der Waals surface area (Å²) in [6, 6.07) is 21.2. The lowest BCUT2D eigenvalue weighted by Crippen LogP contribution is -1.91. The van der Waals surface area contributed by atoms with E-state index in [1.165, 1.54) is 0 Å². The molecule has 0 fully saturated rings. The van der Waals surface area contributed by atoms with Gasteiger partial charge in [0.05, 0.1) is 47.7 Å². The molecule has 5 aromatic rings. The third-order valence-corrected chi connectivity index (χ3v) is 5.60. The maximum Gasteiger partial charge on any atom is 0.141 e. The first-order chi connectivity index (χ1) is 14.6. The van der Waals surface area contributed by atoms with Crippen LogP contribution in [0.1, 0.15) is 16.7 Å². The molecule has 30 heavy (non-hydrogen) atoms. The third kappa shape index (κ3) is 2.64. The van der Waals surface area contributed by atoms with Crippen molar-refractivity contribution in [3.05, 3.63) is 76.3 Å². The fraction of sp³-hybridized carbons (Fsp3) is 0.0417. The number of H-pyrrole nitrogens is 1. The van der Waals surface area contributed by atoms with Crippen molar-refractivity contribution in [3.8, 4) is 23.5 Å². The Hall–Kier alpha value is -3.80. The van der Waals surface area contributed by atoms with Gasteiger partial charge < -0.3 is 4.98 Å². The molecule has 0 saturated heterocycles. The smallest absolute Gasteiger partial charge is 0.141 e. The van der Waals surface area contributed by atoms with Gasteiger partial charge in [0.1, 0.15) is 5.82 Å². The maximum absolute atomic E-state index is 9.58. The van der Waals surface area contributed by atoms with E-state index < -0.39 is 0 Å². The van der Waals surface area contributed by atoms with E-state index in [4.69, 9.17) is 24.4 Å². The molecule has 1 N–H and O–H groups in total. The Balaban J connectivity index is 1.96. The SMILES string of the molecule is [B]Cc1ccc2c(c1)c1cc(Cl)ccc1c1nc(-c3c(C#N)cccc3C#N)[nH]c21. The van der Waals surface area contributed by atoms with Gasteiger partial charge in [-0.3, -0.25) is 0 Å². The van der Waals surface area contributed by atoms with Crippen molar-refractivity contribution < 1.29 is 0 Å². The van der Waals surface area contributed by atoms with Crippen LogP contribution in [0.3, 0.4) is 0 Å². The summed E-state index contributed by atoms with van der Waals surface area (Å²) in [6.07, 6.45) is 0.436. The van der Waals surface area contributed by atoms with E-state index >= 15 is 0 Å². The van der Waals surface area contributed by atoms with Crippen LogP contribution in [-0.2, 0) is 6.32 Å². The molecule has 0 unspecified atom stereocenters. The summed E-state index contributed by atoms with van der Waals surface area (Å²) in [6.45, 7) is 0. The number of nitrogens with zero attached hydrogens (tertiary/aromatic N) is 3. The van der Waals surface area contributed by atoms with E-state index in [9.17, 15) is 10.5 Å². The van der Waals surface area contributed by atoms with E-state index in [-0.39, 0.29) is 0 Å². The Morgan fingerprint density at radius 3 is 2.30 bits per heavy atom. The molecule has 0 bridgehead atoms. The van der Waals surface area contributed by atoms with Crippen molar-refractivity contribution in [2.75, 3.05) is 0 Å². The van der Waals surface area contributed by atoms with Crippen LogP contribution in [0.25, 0.3) is 44.0 Å². The number of hydrogen-bond donors (Lipinski definition) is 1. The van der Waals surface area contributed by atoms with Crippen LogP contribution in [-0.4, -0.2) is 17.8 Å². The van der Waals surface area contributed by atoms with Gasteiger partial charge in [-0.2, -0.15) is 10.5 Å². The fourth-order valence-corrected chi connectivity index (χ4v) is 4.15. The van der Waals surface area contributed by atoms with E-state index in [0.717, 1.165) is 38.1 Å². The van der Waals surface area contributed by atoms with Gasteiger partial charge in [0.15, 0.2) is 0 Å². The molecule has 1 aromatic heterocycles. The number of nitrogens with one attached hydrogen (secondary N) is 1.